The first-order valence-electron chi connectivity index (χ1n) is 7.75. The molecule has 0 spiro atoms. The number of hydrogen-bond acceptors (Lipinski definition) is 2. The van der Waals surface area contributed by atoms with Crippen LogP contribution in [0.1, 0.15) is 64.7 Å². The van der Waals surface area contributed by atoms with Gasteiger partial charge in [-0.25, -0.2) is 0 Å². The minimum absolute atomic E-state index is 0.758. The van der Waals surface area contributed by atoms with Crippen molar-refractivity contribution >= 4 is 0 Å². The largest absolute Gasteiger partial charge is 0.313 e. The van der Waals surface area contributed by atoms with Crippen LogP contribution >= 0.6 is 0 Å². The lowest BCUT2D eigenvalue weighted by Crippen LogP contribution is -2.42. The van der Waals surface area contributed by atoms with E-state index in [-0.39, 0.29) is 0 Å². The minimum atomic E-state index is 0.758. The Labute approximate surface area is 108 Å². The van der Waals surface area contributed by atoms with E-state index in [2.05, 4.69) is 24.2 Å². The predicted octanol–water partition coefficient (Wildman–Crippen LogP) is 3.42. The SMILES string of the molecule is CCCCCCCCN(C)CC1CCCCN1. The molecular weight excluding hydrogens is 208 g/mol. The van der Waals surface area contributed by atoms with Gasteiger partial charge in [-0.15, -0.1) is 0 Å². The molecule has 0 aromatic rings. The Morgan fingerprint density at radius 3 is 2.53 bits per heavy atom. The lowest BCUT2D eigenvalue weighted by Gasteiger charge is -2.28. The van der Waals surface area contributed by atoms with E-state index in [1.807, 2.05) is 0 Å². The molecule has 1 aliphatic heterocycles. The zero-order valence-corrected chi connectivity index (χ0v) is 12.0. The van der Waals surface area contributed by atoms with Gasteiger partial charge in [0.25, 0.3) is 0 Å². The summed E-state index contributed by atoms with van der Waals surface area (Å²) in [6, 6.07) is 0.758. The molecule has 0 saturated carbocycles. The summed E-state index contributed by atoms with van der Waals surface area (Å²) in [5.41, 5.74) is 0. The second kappa shape index (κ2) is 9.90. The van der Waals surface area contributed by atoms with Gasteiger partial charge in [-0.2, -0.15) is 0 Å². The summed E-state index contributed by atoms with van der Waals surface area (Å²) in [7, 11) is 2.28. The van der Waals surface area contributed by atoms with Gasteiger partial charge >= 0.3 is 0 Å². The van der Waals surface area contributed by atoms with Crippen molar-refractivity contribution in [1.29, 1.82) is 0 Å². The van der Waals surface area contributed by atoms with E-state index in [0.29, 0.717) is 0 Å². The van der Waals surface area contributed by atoms with Gasteiger partial charge in [0.05, 0.1) is 0 Å². The fourth-order valence-electron chi connectivity index (χ4n) is 2.71. The van der Waals surface area contributed by atoms with Gasteiger partial charge in [0, 0.05) is 12.6 Å². The number of likely N-dealkylation sites (N-methyl/N-ethyl adjacent to an activating group) is 1. The molecular formula is C15H32N2. The van der Waals surface area contributed by atoms with Crippen LogP contribution in [0.3, 0.4) is 0 Å². The molecule has 0 aromatic carbocycles. The van der Waals surface area contributed by atoms with Crippen LogP contribution in [0.15, 0.2) is 0 Å². The van der Waals surface area contributed by atoms with E-state index in [1.165, 1.54) is 77.4 Å². The maximum absolute atomic E-state index is 3.63. The molecule has 0 aliphatic carbocycles. The first-order valence-corrected chi connectivity index (χ1v) is 7.75. The maximum atomic E-state index is 3.63. The van der Waals surface area contributed by atoms with Crippen LogP contribution in [0.2, 0.25) is 0 Å². The number of piperidine rings is 1. The average Bonchev–Trinajstić information content (AvgIpc) is 2.35. The fourth-order valence-corrected chi connectivity index (χ4v) is 2.71. The van der Waals surface area contributed by atoms with Crippen LogP contribution < -0.4 is 5.32 Å². The van der Waals surface area contributed by atoms with E-state index in [9.17, 15) is 0 Å². The van der Waals surface area contributed by atoms with Crippen molar-refractivity contribution in [2.45, 2.75) is 70.8 Å². The number of nitrogens with one attached hydrogen (secondary N) is 1. The van der Waals surface area contributed by atoms with Crippen LogP contribution in [0, 0.1) is 0 Å². The second-order valence-electron chi connectivity index (χ2n) is 5.68. The van der Waals surface area contributed by atoms with Crippen LogP contribution in [0.25, 0.3) is 0 Å². The summed E-state index contributed by atoms with van der Waals surface area (Å²) in [6.45, 7) is 6.04. The third kappa shape index (κ3) is 7.77. The van der Waals surface area contributed by atoms with Gasteiger partial charge in [0.2, 0.25) is 0 Å². The second-order valence-corrected chi connectivity index (χ2v) is 5.68. The van der Waals surface area contributed by atoms with Gasteiger partial charge < -0.3 is 10.2 Å². The Morgan fingerprint density at radius 2 is 1.82 bits per heavy atom. The van der Waals surface area contributed by atoms with Crippen molar-refractivity contribution in [2.75, 3.05) is 26.7 Å². The van der Waals surface area contributed by atoms with Crippen LogP contribution in [-0.4, -0.2) is 37.6 Å². The Morgan fingerprint density at radius 1 is 1.06 bits per heavy atom. The summed E-state index contributed by atoms with van der Waals surface area (Å²) < 4.78 is 0. The number of nitrogens with zero attached hydrogens (tertiary/aromatic N) is 1. The Balaban J connectivity index is 1.91. The van der Waals surface area contributed by atoms with Gasteiger partial charge in [0.1, 0.15) is 0 Å². The molecule has 2 heteroatoms. The van der Waals surface area contributed by atoms with Crippen LogP contribution in [0.4, 0.5) is 0 Å². The number of hydrogen-bond donors (Lipinski definition) is 1. The Bertz CT molecular complexity index is 164. The highest BCUT2D eigenvalue weighted by Gasteiger charge is 2.13. The van der Waals surface area contributed by atoms with E-state index in [1.54, 1.807) is 0 Å². The van der Waals surface area contributed by atoms with Crippen molar-refractivity contribution in [3.8, 4) is 0 Å². The predicted molar refractivity (Wildman–Crippen MR) is 76.5 cm³/mol. The lowest BCUT2D eigenvalue weighted by molar-refractivity contribution is 0.258. The fraction of sp³-hybridized carbons (Fsp3) is 1.00. The van der Waals surface area contributed by atoms with E-state index in [4.69, 9.17) is 0 Å². The highest BCUT2D eigenvalue weighted by atomic mass is 15.1. The molecule has 0 radical (unpaired) electrons. The summed E-state index contributed by atoms with van der Waals surface area (Å²) in [5.74, 6) is 0. The zero-order chi connectivity index (χ0) is 12.3. The smallest absolute Gasteiger partial charge is 0.0194 e. The van der Waals surface area contributed by atoms with Crippen LogP contribution in [0.5, 0.6) is 0 Å². The molecule has 1 atom stereocenters. The number of rotatable bonds is 9. The topological polar surface area (TPSA) is 15.3 Å². The zero-order valence-electron chi connectivity index (χ0n) is 12.0. The van der Waals surface area contributed by atoms with Crippen LogP contribution in [-0.2, 0) is 0 Å². The molecule has 1 unspecified atom stereocenters. The van der Waals surface area contributed by atoms with E-state index in [0.717, 1.165) is 6.04 Å². The van der Waals surface area contributed by atoms with Gasteiger partial charge in [-0.3, -0.25) is 0 Å². The van der Waals surface area contributed by atoms with E-state index >= 15 is 0 Å². The normalized spacial score (nSPS) is 21.0. The lowest BCUT2D eigenvalue weighted by atomic mass is 10.0. The summed E-state index contributed by atoms with van der Waals surface area (Å²) in [4.78, 5) is 2.52. The van der Waals surface area contributed by atoms with Crippen molar-refractivity contribution < 1.29 is 0 Å². The van der Waals surface area contributed by atoms with E-state index < -0.39 is 0 Å². The Kier molecular flexibility index (Phi) is 8.72. The molecule has 1 rings (SSSR count). The minimum Gasteiger partial charge on any atom is -0.313 e. The molecule has 1 saturated heterocycles. The summed E-state index contributed by atoms with van der Waals surface area (Å²) >= 11 is 0. The number of unbranched alkanes of at least 4 members (excludes halogenated alkanes) is 5. The molecule has 0 aromatic heterocycles. The quantitative estimate of drug-likeness (QED) is 0.621. The van der Waals surface area contributed by atoms with Gasteiger partial charge in [-0.05, 0) is 39.4 Å². The summed E-state index contributed by atoms with van der Waals surface area (Å²) in [6.07, 6.45) is 12.6. The van der Waals surface area contributed by atoms with Gasteiger partial charge in [-0.1, -0.05) is 45.4 Å². The molecule has 1 N–H and O–H groups in total. The third-order valence-electron chi connectivity index (χ3n) is 3.84. The molecule has 0 amide bonds. The molecule has 0 bridgehead atoms. The molecule has 1 aliphatic rings. The standard InChI is InChI=1S/C15H32N2/c1-3-4-5-6-7-10-13-17(2)14-15-11-8-9-12-16-15/h15-16H,3-14H2,1-2H3. The monoisotopic (exact) mass is 240 g/mol. The molecule has 102 valence electrons. The maximum Gasteiger partial charge on any atom is 0.0194 e. The van der Waals surface area contributed by atoms with Gasteiger partial charge in [0.15, 0.2) is 0 Å². The van der Waals surface area contributed by atoms with Crippen molar-refractivity contribution in [2.24, 2.45) is 0 Å². The molecule has 1 heterocycles. The molecule has 2 nitrogen and oxygen atoms in total. The molecule has 17 heavy (non-hydrogen) atoms. The first kappa shape index (κ1) is 15.0. The third-order valence-corrected chi connectivity index (χ3v) is 3.84. The highest BCUT2D eigenvalue weighted by Crippen LogP contribution is 2.09. The average molecular weight is 240 g/mol. The van der Waals surface area contributed by atoms with Crippen molar-refractivity contribution in [3.05, 3.63) is 0 Å². The van der Waals surface area contributed by atoms with Crippen molar-refractivity contribution in [3.63, 3.8) is 0 Å². The highest BCUT2D eigenvalue weighted by molar-refractivity contribution is 4.74. The van der Waals surface area contributed by atoms with Crippen molar-refractivity contribution in [1.82, 2.24) is 10.2 Å². The summed E-state index contributed by atoms with van der Waals surface area (Å²) in [5, 5.41) is 3.63. The first-order chi connectivity index (χ1) is 8.33. The Hall–Kier alpha value is -0.0800. The molecule has 1 fully saturated rings.